The van der Waals surface area contributed by atoms with E-state index in [0.29, 0.717) is 24.3 Å². The number of ether oxygens (including phenoxy) is 1. The van der Waals surface area contributed by atoms with Gasteiger partial charge in [0.15, 0.2) is 0 Å². The molecule has 0 radical (unpaired) electrons. The maximum atomic E-state index is 11.3. The first-order valence-corrected chi connectivity index (χ1v) is 6.84. The number of carboxylic acid groups (broad SMARTS) is 1. The maximum Gasteiger partial charge on any atom is 0.308 e. The highest BCUT2D eigenvalue weighted by molar-refractivity contribution is 5.73. The molecular weight excluding hydrogens is 276 g/mol. The van der Waals surface area contributed by atoms with E-state index in [1.54, 1.807) is 12.1 Å². The van der Waals surface area contributed by atoms with Crippen molar-refractivity contribution in [3.63, 3.8) is 0 Å². The molecule has 7 heteroatoms. The third kappa shape index (κ3) is 3.42. The zero-order valence-corrected chi connectivity index (χ0v) is 11.7. The van der Waals surface area contributed by atoms with E-state index in [1.165, 1.54) is 13.2 Å². The molecule has 1 aromatic rings. The highest BCUT2D eigenvalue weighted by Gasteiger charge is 2.32. The summed E-state index contributed by atoms with van der Waals surface area (Å²) in [4.78, 5) is 21.9. The van der Waals surface area contributed by atoms with Crippen LogP contribution >= 0.6 is 0 Å². The Kier molecular flexibility index (Phi) is 4.62. The van der Waals surface area contributed by atoms with Gasteiger partial charge in [0.2, 0.25) is 0 Å². The van der Waals surface area contributed by atoms with Gasteiger partial charge in [-0.3, -0.25) is 14.9 Å². The van der Waals surface area contributed by atoms with Crippen LogP contribution in [-0.4, -0.2) is 29.2 Å². The number of carboxylic acids is 1. The molecule has 0 aromatic heterocycles. The van der Waals surface area contributed by atoms with Crippen molar-refractivity contribution >= 4 is 17.3 Å². The molecule has 7 nitrogen and oxygen atoms in total. The van der Waals surface area contributed by atoms with Gasteiger partial charge in [-0.1, -0.05) is 12.8 Å². The Bertz CT molecular complexity index is 546. The van der Waals surface area contributed by atoms with E-state index < -0.39 is 16.8 Å². The lowest BCUT2D eigenvalue weighted by molar-refractivity contribution is -0.384. The van der Waals surface area contributed by atoms with Gasteiger partial charge in [-0.05, 0) is 25.0 Å². The molecule has 114 valence electrons. The van der Waals surface area contributed by atoms with E-state index in [2.05, 4.69) is 5.32 Å². The number of hydrogen-bond donors (Lipinski definition) is 2. The number of methoxy groups -OCH3 is 1. The van der Waals surface area contributed by atoms with Gasteiger partial charge in [0, 0.05) is 6.04 Å². The van der Waals surface area contributed by atoms with Crippen molar-refractivity contribution in [2.24, 2.45) is 5.92 Å². The molecule has 2 atom stereocenters. The molecule has 1 aliphatic carbocycles. The minimum Gasteiger partial charge on any atom is -0.496 e. The molecule has 1 saturated carbocycles. The molecule has 0 aliphatic heterocycles. The topological polar surface area (TPSA) is 102 Å². The number of hydrogen-bond acceptors (Lipinski definition) is 5. The van der Waals surface area contributed by atoms with Gasteiger partial charge < -0.3 is 15.2 Å². The predicted molar refractivity (Wildman–Crippen MR) is 76.7 cm³/mol. The first kappa shape index (κ1) is 15.1. The second-order valence-corrected chi connectivity index (χ2v) is 5.12. The van der Waals surface area contributed by atoms with E-state index in [4.69, 9.17) is 4.74 Å². The summed E-state index contributed by atoms with van der Waals surface area (Å²) in [5.74, 6) is -0.977. The number of rotatable bonds is 5. The van der Waals surface area contributed by atoms with E-state index in [1.807, 2.05) is 0 Å². The molecule has 21 heavy (non-hydrogen) atoms. The Morgan fingerprint density at radius 1 is 1.43 bits per heavy atom. The van der Waals surface area contributed by atoms with Crippen LogP contribution in [0.4, 0.5) is 11.4 Å². The second kappa shape index (κ2) is 6.43. The lowest BCUT2D eigenvalue weighted by Gasteiger charge is -2.29. The summed E-state index contributed by atoms with van der Waals surface area (Å²) in [7, 11) is 1.44. The number of benzene rings is 1. The monoisotopic (exact) mass is 294 g/mol. The molecule has 0 amide bonds. The van der Waals surface area contributed by atoms with Crippen molar-refractivity contribution in [1.82, 2.24) is 0 Å². The molecule has 1 fully saturated rings. The zero-order valence-electron chi connectivity index (χ0n) is 11.7. The quantitative estimate of drug-likeness (QED) is 0.639. The van der Waals surface area contributed by atoms with Crippen LogP contribution in [0.2, 0.25) is 0 Å². The SMILES string of the molecule is COc1ccc(NC2CCCCC2C(=O)O)c([N+](=O)[O-])c1. The number of aliphatic carboxylic acids is 1. The van der Waals surface area contributed by atoms with Crippen LogP contribution in [0, 0.1) is 16.0 Å². The summed E-state index contributed by atoms with van der Waals surface area (Å²) in [5.41, 5.74) is 0.225. The fraction of sp³-hybridized carbons (Fsp3) is 0.500. The average molecular weight is 294 g/mol. The Labute approximate surface area is 122 Å². The Hall–Kier alpha value is -2.31. The minimum atomic E-state index is -0.858. The number of anilines is 1. The van der Waals surface area contributed by atoms with Crippen molar-refractivity contribution in [3.8, 4) is 5.75 Å². The van der Waals surface area contributed by atoms with Crippen molar-refractivity contribution < 1.29 is 19.6 Å². The fourth-order valence-electron chi connectivity index (χ4n) is 2.71. The number of nitrogens with zero attached hydrogens (tertiary/aromatic N) is 1. The van der Waals surface area contributed by atoms with Crippen molar-refractivity contribution in [2.75, 3.05) is 12.4 Å². The van der Waals surface area contributed by atoms with Crippen LogP contribution in [0.3, 0.4) is 0 Å². The second-order valence-electron chi connectivity index (χ2n) is 5.12. The summed E-state index contributed by atoms with van der Waals surface area (Å²) < 4.78 is 4.98. The van der Waals surface area contributed by atoms with Crippen LogP contribution in [0.25, 0.3) is 0 Å². The molecular formula is C14H18N2O5. The highest BCUT2D eigenvalue weighted by Crippen LogP contribution is 2.33. The summed E-state index contributed by atoms with van der Waals surface area (Å²) >= 11 is 0. The Balaban J connectivity index is 2.25. The molecule has 2 N–H and O–H groups in total. The van der Waals surface area contributed by atoms with Crippen LogP contribution in [-0.2, 0) is 4.79 Å². The smallest absolute Gasteiger partial charge is 0.308 e. The highest BCUT2D eigenvalue weighted by atomic mass is 16.6. The van der Waals surface area contributed by atoms with E-state index in [0.717, 1.165) is 12.8 Å². The van der Waals surface area contributed by atoms with Crippen LogP contribution < -0.4 is 10.1 Å². The number of nitro benzene ring substituents is 1. The van der Waals surface area contributed by atoms with Crippen molar-refractivity contribution in [3.05, 3.63) is 28.3 Å². The number of nitro groups is 1. The van der Waals surface area contributed by atoms with Gasteiger partial charge in [-0.2, -0.15) is 0 Å². The Morgan fingerprint density at radius 3 is 2.76 bits per heavy atom. The van der Waals surface area contributed by atoms with Gasteiger partial charge in [0.1, 0.15) is 11.4 Å². The minimum absolute atomic E-state index is 0.107. The molecule has 2 unspecified atom stereocenters. The van der Waals surface area contributed by atoms with E-state index in [9.17, 15) is 20.0 Å². The summed E-state index contributed by atoms with van der Waals surface area (Å²) in [6.07, 6.45) is 3.09. The summed E-state index contributed by atoms with van der Waals surface area (Å²) in [5, 5.41) is 23.4. The van der Waals surface area contributed by atoms with E-state index in [-0.39, 0.29) is 11.7 Å². The fourth-order valence-corrected chi connectivity index (χ4v) is 2.71. The maximum absolute atomic E-state index is 11.3. The van der Waals surface area contributed by atoms with Gasteiger partial charge in [-0.25, -0.2) is 0 Å². The van der Waals surface area contributed by atoms with Crippen molar-refractivity contribution in [2.45, 2.75) is 31.7 Å². The Morgan fingerprint density at radius 2 is 2.14 bits per heavy atom. The molecule has 0 spiro atoms. The van der Waals surface area contributed by atoms with Crippen LogP contribution in [0.5, 0.6) is 5.75 Å². The third-order valence-corrected chi connectivity index (χ3v) is 3.83. The van der Waals surface area contributed by atoms with Gasteiger partial charge >= 0.3 is 5.97 Å². The first-order valence-electron chi connectivity index (χ1n) is 6.84. The number of carbonyl (C=O) groups is 1. The molecule has 1 aliphatic rings. The van der Waals surface area contributed by atoms with Gasteiger partial charge in [-0.15, -0.1) is 0 Å². The lowest BCUT2D eigenvalue weighted by atomic mass is 9.84. The average Bonchev–Trinajstić information content (AvgIpc) is 2.47. The summed E-state index contributed by atoms with van der Waals surface area (Å²) in [6, 6.07) is 4.22. The number of nitrogens with one attached hydrogen (secondary N) is 1. The van der Waals surface area contributed by atoms with Crippen molar-refractivity contribution in [1.29, 1.82) is 0 Å². The normalized spacial score (nSPS) is 21.6. The standard InChI is InChI=1S/C14H18N2O5/c1-21-9-6-7-12(13(8-9)16(19)20)15-11-5-3-2-4-10(11)14(17)18/h6-8,10-11,15H,2-5H2,1H3,(H,17,18). The first-order chi connectivity index (χ1) is 10.0. The zero-order chi connectivity index (χ0) is 15.4. The lowest BCUT2D eigenvalue weighted by Crippen LogP contribution is -2.37. The summed E-state index contributed by atoms with van der Waals surface area (Å²) in [6.45, 7) is 0. The molecule has 1 aromatic carbocycles. The molecule has 2 rings (SSSR count). The predicted octanol–water partition coefficient (Wildman–Crippen LogP) is 2.66. The van der Waals surface area contributed by atoms with Crippen LogP contribution in [0.1, 0.15) is 25.7 Å². The molecule has 0 heterocycles. The third-order valence-electron chi connectivity index (χ3n) is 3.83. The van der Waals surface area contributed by atoms with Gasteiger partial charge in [0.25, 0.3) is 5.69 Å². The van der Waals surface area contributed by atoms with Crippen LogP contribution in [0.15, 0.2) is 18.2 Å². The molecule has 0 bridgehead atoms. The molecule has 0 saturated heterocycles. The largest absolute Gasteiger partial charge is 0.496 e. The van der Waals surface area contributed by atoms with E-state index >= 15 is 0 Å². The van der Waals surface area contributed by atoms with Gasteiger partial charge in [0.05, 0.1) is 24.0 Å².